The second-order valence-electron chi connectivity index (χ2n) is 4.07. The number of nitrogens with zero attached hydrogens (tertiary/aromatic N) is 1. The lowest BCUT2D eigenvalue weighted by Crippen LogP contribution is -2.35. The lowest BCUT2D eigenvalue weighted by molar-refractivity contribution is 0.349. The molecule has 1 rings (SSSR count). The zero-order valence-electron chi connectivity index (χ0n) is 11.7. The van der Waals surface area contributed by atoms with Gasteiger partial charge < -0.3 is 24.8 Å². The van der Waals surface area contributed by atoms with Crippen LogP contribution in [0.2, 0.25) is 0 Å². The smallest absolute Gasteiger partial charge is 0.164 e. The Kier molecular flexibility index (Phi) is 5.09. The summed E-state index contributed by atoms with van der Waals surface area (Å²) in [7, 11) is 6.82. The largest absolute Gasteiger partial charge is 0.494 e. The molecule has 2 N–H and O–H groups in total. The standard InChI is InChI=1S/C13H22N2O3/c1-9(8-14)15(2)10-6-12(17-4)13(18-5)7-11(10)16-3/h6-7,9H,8,14H2,1-5H3. The fourth-order valence-corrected chi connectivity index (χ4v) is 1.68. The third-order valence-electron chi connectivity index (χ3n) is 3.07. The van der Waals surface area contributed by atoms with Crippen LogP contribution in [0.15, 0.2) is 12.1 Å². The van der Waals surface area contributed by atoms with Gasteiger partial charge in [-0.25, -0.2) is 0 Å². The minimum atomic E-state index is 0.206. The molecule has 0 aromatic heterocycles. The Balaban J connectivity index is 3.24. The second kappa shape index (κ2) is 6.35. The van der Waals surface area contributed by atoms with Gasteiger partial charge in [0.25, 0.3) is 0 Å². The highest BCUT2D eigenvalue weighted by Gasteiger charge is 2.17. The van der Waals surface area contributed by atoms with Crippen LogP contribution in [0.1, 0.15) is 6.92 Å². The van der Waals surface area contributed by atoms with Crippen molar-refractivity contribution in [3.05, 3.63) is 12.1 Å². The molecule has 1 unspecified atom stereocenters. The number of nitrogens with two attached hydrogens (primary N) is 1. The Morgan fingerprint density at radius 2 is 1.56 bits per heavy atom. The Morgan fingerprint density at radius 1 is 1.06 bits per heavy atom. The van der Waals surface area contributed by atoms with E-state index in [-0.39, 0.29) is 6.04 Å². The van der Waals surface area contributed by atoms with E-state index in [0.717, 1.165) is 11.4 Å². The molecule has 5 nitrogen and oxygen atoms in total. The normalized spacial score (nSPS) is 11.9. The first-order chi connectivity index (χ1) is 8.58. The van der Waals surface area contributed by atoms with Gasteiger partial charge in [-0.1, -0.05) is 0 Å². The molecule has 0 saturated carbocycles. The van der Waals surface area contributed by atoms with Gasteiger partial charge in [-0.15, -0.1) is 0 Å². The Morgan fingerprint density at radius 3 is 2.00 bits per heavy atom. The average Bonchev–Trinajstić information content (AvgIpc) is 2.43. The van der Waals surface area contributed by atoms with E-state index in [0.29, 0.717) is 18.0 Å². The summed E-state index contributed by atoms with van der Waals surface area (Å²) in [6.07, 6.45) is 0. The topological polar surface area (TPSA) is 57.0 Å². The molecule has 0 bridgehead atoms. The molecule has 0 aliphatic heterocycles. The molecule has 0 heterocycles. The van der Waals surface area contributed by atoms with Crippen LogP contribution < -0.4 is 24.8 Å². The number of ether oxygens (including phenoxy) is 3. The van der Waals surface area contributed by atoms with Crippen LogP contribution in [0.5, 0.6) is 17.2 Å². The maximum Gasteiger partial charge on any atom is 0.164 e. The summed E-state index contributed by atoms with van der Waals surface area (Å²) in [4.78, 5) is 2.06. The van der Waals surface area contributed by atoms with E-state index in [1.165, 1.54) is 0 Å². The first-order valence-electron chi connectivity index (χ1n) is 5.81. The fourth-order valence-electron chi connectivity index (χ4n) is 1.68. The first-order valence-corrected chi connectivity index (χ1v) is 5.81. The molecule has 1 aromatic carbocycles. The molecule has 1 atom stereocenters. The predicted molar refractivity (Wildman–Crippen MR) is 73.0 cm³/mol. The molecule has 0 aliphatic carbocycles. The van der Waals surface area contributed by atoms with Gasteiger partial charge in [0.1, 0.15) is 5.75 Å². The van der Waals surface area contributed by atoms with Gasteiger partial charge in [0.05, 0.1) is 27.0 Å². The van der Waals surface area contributed by atoms with Crippen molar-refractivity contribution in [3.63, 3.8) is 0 Å². The van der Waals surface area contributed by atoms with E-state index in [2.05, 4.69) is 11.8 Å². The van der Waals surface area contributed by atoms with Crippen molar-refractivity contribution >= 4 is 5.69 Å². The molecule has 1 aromatic rings. The number of benzene rings is 1. The highest BCUT2D eigenvalue weighted by molar-refractivity contribution is 5.66. The number of methoxy groups -OCH3 is 3. The van der Waals surface area contributed by atoms with Gasteiger partial charge in [-0.2, -0.15) is 0 Å². The van der Waals surface area contributed by atoms with Gasteiger partial charge in [0, 0.05) is 31.8 Å². The van der Waals surface area contributed by atoms with Crippen molar-refractivity contribution in [1.29, 1.82) is 0 Å². The highest BCUT2D eigenvalue weighted by atomic mass is 16.5. The summed E-state index contributed by atoms with van der Waals surface area (Å²) in [5, 5.41) is 0. The molecular formula is C13H22N2O3. The number of anilines is 1. The lowest BCUT2D eigenvalue weighted by atomic mass is 10.2. The summed E-state index contributed by atoms with van der Waals surface area (Å²) in [5.74, 6) is 2.05. The summed E-state index contributed by atoms with van der Waals surface area (Å²) >= 11 is 0. The van der Waals surface area contributed by atoms with Gasteiger partial charge in [0.2, 0.25) is 0 Å². The summed E-state index contributed by atoms with van der Waals surface area (Å²) in [6.45, 7) is 2.62. The molecular weight excluding hydrogens is 232 g/mol. The lowest BCUT2D eigenvalue weighted by Gasteiger charge is -2.28. The average molecular weight is 254 g/mol. The molecule has 0 aliphatic rings. The molecule has 0 amide bonds. The van der Waals surface area contributed by atoms with Crippen molar-refractivity contribution in [1.82, 2.24) is 0 Å². The van der Waals surface area contributed by atoms with Crippen molar-refractivity contribution in [3.8, 4) is 17.2 Å². The molecule has 0 fully saturated rings. The number of hydrogen-bond donors (Lipinski definition) is 1. The Labute approximate surface area is 108 Å². The minimum Gasteiger partial charge on any atom is -0.494 e. The third-order valence-corrected chi connectivity index (χ3v) is 3.07. The van der Waals surface area contributed by atoms with Crippen molar-refractivity contribution < 1.29 is 14.2 Å². The first kappa shape index (κ1) is 14.4. The molecule has 0 spiro atoms. The molecule has 5 heteroatoms. The monoisotopic (exact) mass is 254 g/mol. The summed E-state index contributed by atoms with van der Waals surface area (Å²) in [6, 6.07) is 3.91. The number of rotatable bonds is 6. The van der Waals surface area contributed by atoms with E-state index in [1.54, 1.807) is 21.3 Å². The summed E-state index contributed by atoms with van der Waals surface area (Å²) in [5.41, 5.74) is 6.61. The molecule has 18 heavy (non-hydrogen) atoms. The summed E-state index contributed by atoms with van der Waals surface area (Å²) < 4.78 is 15.9. The van der Waals surface area contributed by atoms with Gasteiger partial charge in [0.15, 0.2) is 11.5 Å². The quantitative estimate of drug-likeness (QED) is 0.833. The van der Waals surface area contributed by atoms with E-state index >= 15 is 0 Å². The number of hydrogen-bond acceptors (Lipinski definition) is 5. The van der Waals surface area contributed by atoms with Crippen LogP contribution in [0, 0.1) is 0 Å². The molecule has 0 radical (unpaired) electrons. The van der Waals surface area contributed by atoms with E-state index in [1.807, 2.05) is 19.2 Å². The van der Waals surface area contributed by atoms with Crippen LogP contribution in [-0.4, -0.2) is 41.0 Å². The van der Waals surface area contributed by atoms with Crippen LogP contribution >= 0.6 is 0 Å². The van der Waals surface area contributed by atoms with Crippen molar-refractivity contribution in [2.75, 3.05) is 39.8 Å². The van der Waals surface area contributed by atoms with Gasteiger partial charge >= 0.3 is 0 Å². The van der Waals surface area contributed by atoms with E-state index < -0.39 is 0 Å². The van der Waals surface area contributed by atoms with E-state index in [4.69, 9.17) is 19.9 Å². The second-order valence-corrected chi connectivity index (χ2v) is 4.07. The van der Waals surface area contributed by atoms with Crippen LogP contribution in [-0.2, 0) is 0 Å². The maximum atomic E-state index is 5.69. The fraction of sp³-hybridized carbons (Fsp3) is 0.538. The number of likely N-dealkylation sites (N-methyl/N-ethyl adjacent to an activating group) is 1. The maximum absolute atomic E-state index is 5.69. The van der Waals surface area contributed by atoms with Crippen LogP contribution in [0.25, 0.3) is 0 Å². The molecule has 102 valence electrons. The Hall–Kier alpha value is -1.62. The van der Waals surface area contributed by atoms with Crippen molar-refractivity contribution in [2.24, 2.45) is 5.73 Å². The molecule has 0 saturated heterocycles. The zero-order chi connectivity index (χ0) is 13.7. The van der Waals surface area contributed by atoms with Gasteiger partial charge in [-0.3, -0.25) is 0 Å². The van der Waals surface area contributed by atoms with Crippen LogP contribution in [0.3, 0.4) is 0 Å². The van der Waals surface area contributed by atoms with Crippen molar-refractivity contribution in [2.45, 2.75) is 13.0 Å². The zero-order valence-corrected chi connectivity index (χ0v) is 11.7. The minimum absolute atomic E-state index is 0.206. The predicted octanol–water partition coefficient (Wildman–Crippen LogP) is 1.50. The highest BCUT2D eigenvalue weighted by Crippen LogP contribution is 2.39. The van der Waals surface area contributed by atoms with Crippen LogP contribution in [0.4, 0.5) is 5.69 Å². The third kappa shape index (κ3) is 2.79. The SMILES string of the molecule is COc1cc(OC)c(N(C)C(C)CN)cc1OC. The van der Waals surface area contributed by atoms with Gasteiger partial charge in [-0.05, 0) is 6.92 Å². The van der Waals surface area contributed by atoms with E-state index in [9.17, 15) is 0 Å². The Bertz CT molecular complexity index is 396.